The number of aliphatic hydroxyl groups excluding tert-OH is 1. The largest absolute Gasteiger partial charge is 0.456 e. The number of hydrogen-bond acceptors (Lipinski definition) is 8. The van der Waals surface area contributed by atoms with Gasteiger partial charge in [0.15, 0.2) is 5.79 Å². The summed E-state index contributed by atoms with van der Waals surface area (Å²) in [6.45, 7) is 0.0626. The van der Waals surface area contributed by atoms with Crippen molar-refractivity contribution in [2.45, 2.75) is 49.8 Å². The number of esters is 1. The number of ether oxygens (including phenoxy) is 3. The lowest BCUT2D eigenvalue weighted by Gasteiger charge is -2.30. The fraction of sp³-hybridized carbons (Fsp3) is 0.394. The van der Waals surface area contributed by atoms with Gasteiger partial charge in [-0.1, -0.05) is 42.5 Å². The third-order valence-electron chi connectivity index (χ3n) is 7.87. The topological polar surface area (TPSA) is 144 Å². The maximum Gasteiger partial charge on any atom is 0.339 e. The molecule has 2 aromatic carbocycles. The second-order valence-electron chi connectivity index (χ2n) is 11.3. The number of hydrogen-bond donors (Lipinski definition) is 3. The van der Waals surface area contributed by atoms with Crippen molar-refractivity contribution in [1.29, 1.82) is 0 Å². The Balaban J connectivity index is 1.34. The molecule has 232 valence electrons. The zero-order valence-corrected chi connectivity index (χ0v) is 24.8. The van der Waals surface area contributed by atoms with Gasteiger partial charge >= 0.3 is 5.97 Å². The Bertz CT molecular complexity index is 1460. The average molecular weight is 604 g/mol. The van der Waals surface area contributed by atoms with Crippen LogP contribution in [0.4, 0.5) is 0 Å². The molecule has 1 spiro atoms. The van der Waals surface area contributed by atoms with Crippen molar-refractivity contribution in [2.24, 2.45) is 0 Å². The van der Waals surface area contributed by atoms with Crippen LogP contribution in [-0.4, -0.2) is 91.6 Å². The molecule has 1 aliphatic heterocycles. The lowest BCUT2D eigenvalue weighted by Crippen LogP contribution is -2.44. The molecule has 1 heterocycles. The maximum absolute atomic E-state index is 13.6. The van der Waals surface area contributed by atoms with Gasteiger partial charge in [-0.15, -0.1) is 0 Å². The van der Waals surface area contributed by atoms with E-state index >= 15 is 0 Å². The van der Waals surface area contributed by atoms with E-state index in [0.717, 1.165) is 11.1 Å². The molecule has 44 heavy (non-hydrogen) atoms. The van der Waals surface area contributed by atoms with E-state index in [0.29, 0.717) is 24.0 Å². The molecule has 1 fully saturated rings. The Morgan fingerprint density at radius 3 is 2.41 bits per heavy atom. The quantitative estimate of drug-likeness (QED) is 0.274. The summed E-state index contributed by atoms with van der Waals surface area (Å²) in [5.41, 5.74) is 3.38. The van der Waals surface area contributed by atoms with Crippen LogP contribution in [0.3, 0.4) is 0 Å². The first-order valence-corrected chi connectivity index (χ1v) is 14.7. The van der Waals surface area contributed by atoms with E-state index in [2.05, 4.69) is 10.6 Å². The van der Waals surface area contributed by atoms with Gasteiger partial charge in [-0.2, -0.15) is 0 Å². The second kappa shape index (κ2) is 13.5. The van der Waals surface area contributed by atoms with E-state index < -0.39 is 36.0 Å². The molecule has 0 unspecified atom stereocenters. The van der Waals surface area contributed by atoms with Gasteiger partial charge in [0.25, 0.3) is 0 Å². The normalized spacial score (nSPS) is 21.3. The summed E-state index contributed by atoms with van der Waals surface area (Å²) in [6.07, 6.45) is 3.73. The fourth-order valence-electron chi connectivity index (χ4n) is 5.69. The van der Waals surface area contributed by atoms with Crippen LogP contribution in [-0.2, 0) is 41.4 Å². The SMILES string of the molecule is CN(C)C(=O)C=Cc1ccccc1C(=O)O[C@@H]1CC(C(=O)NCCC(=O)NCCO)=C[C@H]2OC3(Cc4ccccc4C3)O[C@H]21. The van der Waals surface area contributed by atoms with Gasteiger partial charge < -0.3 is 34.9 Å². The Kier molecular flexibility index (Phi) is 9.58. The summed E-state index contributed by atoms with van der Waals surface area (Å²) in [6, 6.07) is 14.8. The van der Waals surface area contributed by atoms with E-state index in [-0.39, 0.29) is 49.9 Å². The van der Waals surface area contributed by atoms with E-state index in [9.17, 15) is 19.2 Å². The highest BCUT2D eigenvalue weighted by molar-refractivity contribution is 5.97. The average Bonchev–Trinajstić information content (AvgIpc) is 3.56. The van der Waals surface area contributed by atoms with Gasteiger partial charge in [-0.3, -0.25) is 14.4 Å². The number of fused-ring (bicyclic) bond motifs is 2. The van der Waals surface area contributed by atoms with Crippen LogP contribution >= 0.6 is 0 Å². The van der Waals surface area contributed by atoms with Crippen molar-refractivity contribution >= 4 is 29.8 Å². The van der Waals surface area contributed by atoms with Gasteiger partial charge in [-0.25, -0.2) is 4.79 Å². The maximum atomic E-state index is 13.6. The number of nitrogens with zero attached hydrogens (tertiary/aromatic N) is 1. The minimum Gasteiger partial charge on any atom is -0.456 e. The third-order valence-corrected chi connectivity index (χ3v) is 7.87. The number of nitrogens with one attached hydrogen (secondary N) is 2. The van der Waals surface area contributed by atoms with Gasteiger partial charge in [0.05, 0.1) is 12.2 Å². The molecule has 3 N–H and O–H groups in total. The number of carbonyl (C=O) groups is 4. The summed E-state index contributed by atoms with van der Waals surface area (Å²) in [5, 5.41) is 14.2. The van der Waals surface area contributed by atoms with Crippen LogP contribution in [0.5, 0.6) is 0 Å². The molecular formula is C33H37N3O8. The molecule has 3 amide bonds. The van der Waals surface area contributed by atoms with Gasteiger partial charge in [-0.05, 0) is 34.9 Å². The van der Waals surface area contributed by atoms with Gasteiger partial charge in [0.1, 0.15) is 18.3 Å². The highest BCUT2D eigenvalue weighted by Gasteiger charge is 2.55. The minimum atomic E-state index is -0.940. The predicted octanol–water partition coefficient (Wildman–Crippen LogP) is 1.54. The zero-order chi connectivity index (χ0) is 31.3. The molecule has 1 saturated heterocycles. The first kappa shape index (κ1) is 31.1. The van der Waals surface area contributed by atoms with E-state index in [4.69, 9.17) is 19.3 Å². The number of aliphatic hydroxyl groups is 1. The number of amides is 3. The van der Waals surface area contributed by atoms with Crippen molar-refractivity contribution < 1.29 is 38.5 Å². The highest BCUT2D eigenvalue weighted by atomic mass is 16.8. The van der Waals surface area contributed by atoms with Crippen LogP contribution in [0.15, 0.2) is 66.3 Å². The Hall–Kier alpha value is -4.32. The lowest BCUT2D eigenvalue weighted by atomic mass is 9.91. The molecule has 0 radical (unpaired) electrons. The van der Waals surface area contributed by atoms with Crippen molar-refractivity contribution in [3.8, 4) is 0 Å². The summed E-state index contributed by atoms with van der Waals surface area (Å²) in [7, 11) is 3.28. The summed E-state index contributed by atoms with van der Waals surface area (Å²) < 4.78 is 19.1. The van der Waals surface area contributed by atoms with Crippen LogP contribution in [0.25, 0.3) is 6.08 Å². The Morgan fingerprint density at radius 2 is 1.70 bits per heavy atom. The number of benzene rings is 2. The lowest BCUT2D eigenvalue weighted by molar-refractivity contribution is -0.172. The molecule has 0 saturated carbocycles. The second-order valence-corrected chi connectivity index (χ2v) is 11.3. The van der Waals surface area contributed by atoms with Crippen molar-refractivity contribution in [3.63, 3.8) is 0 Å². The summed E-state index contributed by atoms with van der Waals surface area (Å²) in [5.74, 6) is -2.48. The Morgan fingerprint density at radius 1 is 1.00 bits per heavy atom. The molecule has 0 aromatic heterocycles. The minimum absolute atomic E-state index is 0.0467. The molecule has 2 aromatic rings. The molecule has 0 bridgehead atoms. The standard InChI is InChI=1S/C33H37N3O8/c1-36(2)29(39)12-11-21-7-5-6-10-25(21)32(41)42-26-17-24(31(40)35-14-13-28(38)34-15-16-37)18-27-30(26)44-33(43-27)19-22-8-3-4-9-23(22)20-33/h3-12,18,26-27,30,37H,13-17,19-20H2,1-2H3,(H,34,38)(H,35,40)/t26-,27-,30+/m1/s1. The fourth-order valence-corrected chi connectivity index (χ4v) is 5.69. The van der Waals surface area contributed by atoms with Gasteiger partial charge in [0.2, 0.25) is 17.7 Å². The Labute approximate surface area is 255 Å². The van der Waals surface area contributed by atoms with Crippen molar-refractivity contribution in [3.05, 3.63) is 88.5 Å². The van der Waals surface area contributed by atoms with Gasteiger partial charge in [0, 0.05) is 64.5 Å². The van der Waals surface area contributed by atoms with Crippen LogP contribution in [0.1, 0.15) is 39.9 Å². The number of carbonyl (C=O) groups excluding carboxylic acids is 4. The van der Waals surface area contributed by atoms with Crippen LogP contribution < -0.4 is 10.6 Å². The van der Waals surface area contributed by atoms with Crippen molar-refractivity contribution in [1.82, 2.24) is 15.5 Å². The number of rotatable bonds is 10. The smallest absolute Gasteiger partial charge is 0.339 e. The highest BCUT2D eigenvalue weighted by Crippen LogP contribution is 2.45. The third kappa shape index (κ3) is 7.07. The first-order chi connectivity index (χ1) is 21.2. The van der Waals surface area contributed by atoms with E-state index in [1.165, 1.54) is 11.0 Å². The van der Waals surface area contributed by atoms with Crippen LogP contribution in [0.2, 0.25) is 0 Å². The first-order valence-electron chi connectivity index (χ1n) is 14.7. The molecule has 3 atom stereocenters. The van der Waals surface area contributed by atoms with E-state index in [1.54, 1.807) is 50.5 Å². The molecule has 11 heteroatoms. The van der Waals surface area contributed by atoms with Crippen LogP contribution in [0, 0.1) is 0 Å². The molecular weight excluding hydrogens is 566 g/mol. The monoisotopic (exact) mass is 603 g/mol. The molecule has 3 aliphatic rings. The predicted molar refractivity (Wildman–Crippen MR) is 160 cm³/mol. The molecule has 2 aliphatic carbocycles. The van der Waals surface area contributed by atoms with Crippen molar-refractivity contribution in [2.75, 3.05) is 33.8 Å². The number of likely N-dealkylation sites (N-methyl/N-ethyl adjacent to an activating group) is 1. The molecule has 11 nitrogen and oxygen atoms in total. The summed E-state index contributed by atoms with van der Waals surface area (Å²) >= 11 is 0. The molecule has 5 rings (SSSR count). The van der Waals surface area contributed by atoms with E-state index in [1.807, 2.05) is 24.3 Å². The summed E-state index contributed by atoms with van der Waals surface area (Å²) in [4.78, 5) is 52.2. The zero-order valence-electron chi connectivity index (χ0n) is 24.8.